The molecule has 0 aliphatic carbocycles. The molecule has 4 heteroatoms. The van der Waals surface area contributed by atoms with Gasteiger partial charge in [-0.1, -0.05) is 17.7 Å². The van der Waals surface area contributed by atoms with E-state index in [0.29, 0.717) is 5.56 Å². The highest BCUT2D eigenvalue weighted by Crippen LogP contribution is 2.22. The van der Waals surface area contributed by atoms with Crippen molar-refractivity contribution >= 4 is 11.6 Å². The van der Waals surface area contributed by atoms with Gasteiger partial charge in [0.05, 0.1) is 11.6 Å². The lowest BCUT2D eigenvalue weighted by atomic mass is 10.1. The lowest BCUT2D eigenvalue weighted by molar-refractivity contribution is -0.0739. The minimum absolute atomic E-state index is 0.0856. The fraction of sp³-hybridized carbons (Fsp3) is 0.333. The summed E-state index contributed by atoms with van der Waals surface area (Å²) >= 11 is 5.59. The molecule has 0 amide bonds. The van der Waals surface area contributed by atoms with Crippen LogP contribution in [-0.4, -0.2) is 17.3 Å². The molecule has 1 aromatic rings. The van der Waals surface area contributed by atoms with Gasteiger partial charge in [-0.15, -0.1) is 0 Å². The van der Waals surface area contributed by atoms with Gasteiger partial charge in [0.2, 0.25) is 0 Å². The van der Waals surface area contributed by atoms with Gasteiger partial charge in [0.1, 0.15) is 5.82 Å². The maximum atomic E-state index is 13.4. The van der Waals surface area contributed by atoms with E-state index in [-0.39, 0.29) is 11.6 Å². The lowest BCUT2D eigenvalue weighted by Crippen LogP contribution is -2.14. The van der Waals surface area contributed by atoms with E-state index >= 15 is 0 Å². The zero-order chi connectivity index (χ0) is 10.0. The van der Waals surface area contributed by atoms with E-state index < -0.39 is 5.82 Å². The van der Waals surface area contributed by atoms with Gasteiger partial charge in [-0.25, -0.2) is 4.39 Å². The van der Waals surface area contributed by atoms with Gasteiger partial charge in [-0.2, -0.15) is 5.06 Å². The average molecular weight is 204 g/mol. The molecule has 13 heavy (non-hydrogen) atoms. The Bertz CT molecular complexity index is 315. The molecule has 0 radical (unpaired) electrons. The Kier molecular flexibility index (Phi) is 3.25. The number of hydrogen-bond acceptors (Lipinski definition) is 2. The minimum atomic E-state index is -0.456. The minimum Gasteiger partial charge on any atom is -0.314 e. The summed E-state index contributed by atoms with van der Waals surface area (Å²) in [5.41, 5.74) is 1.21. The first-order chi connectivity index (χ1) is 6.02. The predicted molar refractivity (Wildman–Crippen MR) is 49.4 cm³/mol. The first-order valence-electron chi connectivity index (χ1n) is 3.86. The highest BCUT2D eigenvalue weighted by atomic mass is 35.5. The fourth-order valence-corrected chi connectivity index (χ4v) is 1.29. The van der Waals surface area contributed by atoms with Crippen LogP contribution in [-0.2, 0) is 6.54 Å². The van der Waals surface area contributed by atoms with Crippen molar-refractivity contribution in [1.82, 2.24) is 5.06 Å². The van der Waals surface area contributed by atoms with Crippen LogP contribution in [0.4, 0.5) is 4.39 Å². The molecule has 1 aromatic carbocycles. The van der Waals surface area contributed by atoms with Crippen molar-refractivity contribution in [2.75, 3.05) is 7.05 Å². The Morgan fingerprint density at radius 2 is 2.15 bits per heavy atom. The summed E-state index contributed by atoms with van der Waals surface area (Å²) in [6.45, 7) is 1.91. The van der Waals surface area contributed by atoms with Crippen LogP contribution in [0, 0.1) is 12.7 Å². The van der Waals surface area contributed by atoms with Gasteiger partial charge in [0, 0.05) is 12.6 Å². The van der Waals surface area contributed by atoms with Crippen molar-refractivity contribution < 1.29 is 9.60 Å². The molecule has 0 aliphatic rings. The maximum absolute atomic E-state index is 13.4. The maximum Gasteiger partial charge on any atom is 0.146 e. The number of rotatable bonds is 2. The molecule has 0 aromatic heterocycles. The van der Waals surface area contributed by atoms with E-state index in [0.717, 1.165) is 10.6 Å². The van der Waals surface area contributed by atoms with Crippen LogP contribution in [0.2, 0.25) is 5.02 Å². The van der Waals surface area contributed by atoms with Crippen LogP contribution in [0.25, 0.3) is 0 Å². The highest BCUT2D eigenvalue weighted by molar-refractivity contribution is 6.30. The van der Waals surface area contributed by atoms with E-state index in [2.05, 4.69) is 0 Å². The molecule has 0 heterocycles. The van der Waals surface area contributed by atoms with Gasteiger partial charge >= 0.3 is 0 Å². The van der Waals surface area contributed by atoms with E-state index in [1.54, 1.807) is 13.0 Å². The second-order valence-corrected chi connectivity index (χ2v) is 3.38. The lowest BCUT2D eigenvalue weighted by Gasteiger charge is -2.12. The van der Waals surface area contributed by atoms with E-state index in [1.807, 2.05) is 0 Å². The first-order valence-corrected chi connectivity index (χ1v) is 4.23. The highest BCUT2D eigenvalue weighted by Gasteiger charge is 2.10. The predicted octanol–water partition coefficient (Wildman–Crippen LogP) is 2.61. The third kappa shape index (κ3) is 2.40. The van der Waals surface area contributed by atoms with Crippen molar-refractivity contribution in [2.45, 2.75) is 13.5 Å². The standard InChI is InChI=1S/C9H11ClFNO/c1-6-3-4-8(10)9(11)7(6)5-12(2)13/h3-4,13H,5H2,1-2H3. The van der Waals surface area contributed by atoms with Gasteiger partial charge in [-0.3, -0.25) is 0 Å². The first kappa shape index (κ1) is 10.4. The van der Waals surface area contributed by atoms with Crippen molar-refractivity contribution in [1.29, 1.82) is 0 Å². The molecule has 0 aliphatic heterocycles. The number of hydroxylamine groups is 2. The fourth-order valence-electron chi connectivity index (χ4n) is 1.11. The summed E-state index contributed by atoms with van der Waals surface area (Å²) in [6, 6.07) is 3.23. The molecule has 0 spiro atoms. The van der Waals surface area contributed by atoms with Gasteiger partial charge in [0.15, 0.2) is 0 Å². The zero-order valence-electron chi connectivity index (χ0n) is 7.51. The van der Waals surface area contributed by atoms with Gasteiger partial charge in [0.25, 0.3) is 0 Å². The van der Waals surface area contributed by atoms with E-state index in [9.17, 15) is 4.39 Å². The Morgan fingerprint density at radius 1 is 1.54 bits per heavy atom. The molecule has 1 rings (SSSR count). The number of hydrogen-bond donors (Lipinski definition) is 1. The molecule has 1 N–H and O–H groups in total. The summed E-state index contributed by atoms with van der Waals surface area (Å²) in [4.78, 5) is 0. The zero-order valence-corrected chi connectivity index (χ0v) is 8.27. The van der Waals surface area contributed by atoms with Crippen molar-refractivity contribution in [2.24, 2.45) is 0 Å². The average Bonchev–Trinajstić information content (AvgIpc) is 2.05. The SMILES string of the molecule is Cc1ccc(Cl)c(F)c1CN(C)O. The van der Waals surface area contributed by atoms with Crippen LogP contribution >= 0.6 is 11.6 Å². The molecule has 0 fully saturated rings. The van der Waals surface area contributed by atoms with Gasteiger partial charge in [-0.05, 0) is 18.6 Å². The summed E-state index contributed by atoms with van der Waals surface area (Å²) in [5.74, 6) is -0.456. The third-order valence-corrected chi connectivity index (χ3v) is 2.11. The van der Waals surface area contributed by atoms with Crippen LogP contribution in [0.5, 0.6) is 0 Å². The molecule has 2 nitrogen and oxygen atoms in total. The smallest absolute Gasteiger partial charge is 0.146 e. The van der Waals surface area contributed by atoms with Crippen LogP contribution in [0.1, 0.15) is 11.1 Å². The van der Waals surface area contributed by atoms with Crippen LogP contribution in [0.3, 0.4) is 0 Å². The Labute approximate surface area is 81.5 Å². The molecular formula is C9H11ClFNO. The largest absolute Gasteiger partial charge is 0.314 e. The molecule has 0 unspecified atom stereocenters. The summed E-state index contributed by atoms with van der Waals surface area (Å²) < 4.78 is 13.4. The quantitative estimate of drug-likeness (QED) is 0.747. The van der Waals surface area contributed by atoms with Crippen molar-refractivity contribution in [3.05, 3.63) is 34.1 Å². The van der Waals surface area contributed by atoms with E-state index in [4.69, 9.17) is 16.8 Å². The molecule has 0 saturated carbocycles. The van der Waals surface area contributed by atoms with Crippen LogP contribution in [0.15, 0.2) is 12.1 Å². The normalized spacial score (nSPS) is 10.9. The Morgan fingerprint density at radius 3 is 2.69 bits per heavy atom. The summed E-state index contributed by atoms with van der Waals surface area (Å²) in [5, 5.41) is 9.97. The third-order valence-electron chi connectivity index (χ3n) is 1.82. The second-order valence-electron chi connectivity index (χ2n) is 2.97. The summed E-state index contributed by atoms with van der Waals surface area (Å²) in [6.07, 6.45) is 0. The molecule has 0 atom stereocenters. The Balaban J connectivity index is 3.10. The second kappa shape index (κ2) is 4.05. The molecule has 0 bridgehead atoms. The number of nitrogens with zero attached hydrogens (tertiary/aromatic N) is 1. The molecule has 72 valence electrons. The topological polar surface area (TPSA) is 23.5 Å². The number of aryl methyl sites for hydroxylation is 1. The number of benzene rings is 1. The van der Waals surface area contributed by atoms with Gasteiger partial charge < -0.3 is 5.21 Å². The van der Waals surface area contributed by atoms with Crippen molar-refractivity contribution in [3.8, 4) is 0 Å². The van der Waals surface area contributed by atoms with E-state index in [1.165, 1.54) is 13.1 Å². The number of halogens is 2. The van der Waals surface area contributed by atoms with Crippen LogP contribution < -0.4 is 0 Å². The molecule has 0 saturated heterocycles. The van der Waals surface area contributed by atoms with Crippen molar-refractivity contribution in [3.63, 3.8) is 0 Å². The monoisotopic (exact) mass is 203 g/mol. The Hall–Kier alpha value is -0.640. The molecular weight excluding hydrogens is 193 g/mol. The summed E-state index contributed by atoms with van der Waals surface area (Å²) in [7, 11) is 1.46.